The summed E-state index contributed by atoms with van der Waals surface area (Å²) in [5.74, 6) is -0.138. The summed E-state index contributed by atoms with van der Waals surface area (Å²) in [7, 11) is 0. The number of ether oxygens (including phenoxy) is 1. The molecule has 7 nitrogen and oxygen atoms in total. The Labute approximate surface area is 172 Å². The van der Waals surface area contributed by atoms with Gasteiger partial charge in [0, 0.05) is 36.2 Å². The molecule has 1 saturated carbocycles. The maximum absolute atomic E-state index is 13.1. The van der Waals surface area contributed by atoms with Gasteiger partial charge in [-0.2, -0.15) is 0 Å². The first-order valence-electron chi connectivity index (χ1n) is 10.1. The van der Waals surface area contributed by atoms with Gasteiger partial charge in [-0.05, 0) is 31.4 Å². The Hall–Kier alpha value is -2.65. The fourth-order valence-electron chi connectivity index (χ4n) is 3.84. The van der Waals surface area contributed by atoms with Crippen molar-refractivity contribution in [2.45, 2.75) is 51.5 Å². The zero-order valence-electron chi connectivity index (χ0n) is 16.8. The van der Waals surface area contributed by atoms with Crippen LogP contribution in [-0.4, -0.2) is 40.7 Å². The molecule has 1 aliphatic heterocycles. The number of aromatic amines is 1. The summed E-state index contributed by atoms with van der Waals surface area (Å²) in [5.41, 5.74) is 3.32. The summed E-state index contributed by atoms with van der Waals surface area (Å²) in [6.07, 6.45) is 4.47. The van der Waals surface area contributed by atoms with Crippen LogP contribution in [0.1, 0.15) is 48.8 Å². The largest absolute Gasteiger partial charge is 0.629 e. The molecule has 0 saturated heterocycles. The number of H-pyrrole nitrogens is 1. The van der Waals surface area contributed by atoms with Gasteiger partial charge in [-0.25, -0.2) is 18.8 Å². The molecule has 3 unspecified atom stereocenters. The molecule has 160 valence electrons. The van der Waals surface area contributed by atoms with Gasteiger partial charge in [0.2, 0.25) is 11.8 Å². The van der Waals surface area contributed by atoms with E-state index in [9.17, 15) is 18.8 Å². The number of rotatable bonds is 6. The van der Waals surface area contributed by atoms with Crippen molar-refractivity contribution in [3.63, 3.8) is 0 Å². The normalized spacial score (nSPS) is 23.5. The smallest absolute Gasteiger partial charge is 0.272 e. The van der Waals surface area contributed by atoms with E-state index in [1.165, 1.54) is 0 Å². The van der Waals surface area contributed by atoms with Crippen LogP contribution in [0.15, 0.2) is 29.6 Å². The molecule has 3 heterocycles. The number of hydrogen-bond donors (Lipinski definition) is 2. The zero-order valence-corrected chi connectivity index (χ0v) is 16.8. The standard InChI is InChI=1S/C21H24F2N4O3/c1-11-5-14(7-25-21(11)30-10-19(22)23)12(2)17-6-16(26-20(28)13-3-4-13)15-8-24-9-18(15)27(17)29/h5,7-9,12-13,17,19,24,27H,3-4,6,10H2,1-2H3. The quantitative estimate of drug-likeness (QED) is 0.705. The minimum absolute atomic E-state index is 0.00718. The summed E-state index contributed by atoms with van der Waals surface area (Å²) in [5, 5.41) is 13.1. The maximum Gasteiger partial charge on any atom is 0.272 e. The maximum atomic E-state index is 13.1. The van der Waals surface area contributed by atoms with Crippen molar-refractivity contribution in [1.29, 1.82) is 0 Å². The first kappa shape index (κ1) is 20.6. The second kappa shape index (κ2) is 8.23. The number of aromatic nitrogens is 2. The molecule has 1 fully saturated rings. The molecular weight excluding hydrogens is 394 g/mol. The summed E-state index contributed by atoms with van der Waals surface area (Å²) in [6, 6.07) is 1.41. The number of aryl methyl sites for hydroxylation is 1. The zero-order chi connectivity index (χ0) is 21.4. The molecule has 0 aromatic carbocycles. The van der Waals surface area contributed by atoms with Gasteiger partial charge in [0.1, 0.15) is 6.04 Å². The van der Waals surface area contributed by atoms with E-state index in [-0.39, 0.29) is 28.7 Å². The highest BCUT2D eigenvalue weighted by atomic mass is 19.3. The van der Waals surface area contributed by atoms with E-state index in [0.29, 0.717) is 28.9 Å². The van der Waals surface area contributed by atoms with Crippen LogP contribution in [0.25, 0.3) is 0 Å². The van der Waals surface area contributed by atoms with Gasteiger partial charge in [-0.1, -0.05) is 6.92 Å². The van der Waals surface area contributed by atoms with Crippen molar-refractivity contribution >= 4 is 17.3 Å². The minimum atomic E-state index is -2.57. The van der Waals surface area contributed by atoms with Gasteiger partial charge in [0.05, 0.1) is 17.5 Å². The van der Waals surface area contributed by atoms with E-state index in [4.69, 9.17) is 4.74 Å². The van der Waals surface area contributed by atoms with Gasteiger partial charge in [-0.15, -0.1) is 0 Å². The van der Waals surface area contributed by atoms with E-state index in [1.807, 2.05) is 13.0 Å². The van der Waals surface area contributed by atoms with Gasteiger partial charge in [-0.3, -0.25) is 4.79 Å². The number of pyridine rings is 1. The molecule has 2 N–H and O–H groups in total. The molecule has 1 aliphatic carbocycles. The Kier molecular flexibility index (Phi) is 5.66. The van der Waals surface area contributed by atoms with Crippen LogP contribution >= 0.6 is 0 Å². The highest BCUT2D eigenvalue weighted by molar-refractivity contribution is 6.10. The van der Waals surface area contributed by atoms with Crippen molar-refractivity contribution in [3.05, 3.63) is 46.6 Å². The van der Waals surface area contributed by atoms with Crippen molar-refractivity contribution in [2.24, 2.45) is 10.9 Å². The lowest BCUT2D eigenvalue weighted by Crippen LogP contribution is -3.08. The van der Waals surface area contributed by atoms with Crippen LogP contribution in [0, 0.1) is 18.0 Å². The first-order chi connectivity index (χ1) is 14.3. The number of nitrogens with zero attached hydrogens (tertiary/aromatic N) is 2. The van der Waals surface area contributed by atoms with E-state index >= 15 is 0 Å². The number of amides is 1. The number of alkyl halides is 2. The number of halogens is 2. The Morgan fingerprint density at radius 2 is 2.20 bits per heavy atom. The number of aliphatic imine (C=N–C) groups is 1. The fourth-order valence-corrected chi connectivity index (χ4v) is 3.84. The molecule has 3 atom stereocenters. The van der Waals surface area contributed by atoms with Crippen LogP contribution in [-0.2, 0) is 4.79 Å². The van der Waals surface area contributed by atoms with Crippen LogP contribution in [0.5, 0.6) is 5.88 Å². The van der Waals surface area contributed by atoms with Gasteiger partial charge < -0.3 is 20.0 Å². The summed E-state index contributed by atoms with van der Waals surface area (Å²) >= 11 is 0. The lowest BCUT2D eigenvalue weighted by molar-refractivity contribution is -0.809. The lowest BCUT2D eigenvalue weighted by atomic mass is 9.86. The van der Waals surface area contributed by atoms with Gasteiger partial charge in [0.25, 0.3) is 6.43 Å². The highest BCUT2D eigenvalue weighted by Gasteiger charge is 2.37. The van der Waals surface area contributed by atoms with Crippen LogP contribution < -0.4 is 9.80 Å². The second-order valence-corrected chi connectivity index (χ2v) is 8.01. The third kappa shape index (κ3) is 4.13. The number of fused-ring (bicyclic) bond motifs is 1. The van der Waals surface area contributed by atoms with E-state index in [1.54, 1.807) is 25.5 Å². The van der Waals surface area contributed by atoms with E-state index in [0.717, 1.165) is 18.4 Å². The number of hydrogen-bond acceptors (Lipinski definition) is 4. The number of carbonyl (C=O) groups excluding carboxylic acids is 1. The molecule has 0 radical (unpaired) electrons. The molecule has 1 amide bonds. The monoisotopic (exact) mass is 418 g/mol. The summed E-state index contributed by atoms with van der Waals surface area (Å²) in [4.78, 5) is 23.7. The fraction of sp³-hybridized carbons (Fsp3) is 0.476. The molecule has 9 heteroatoms. The Morgan fingerprint density at radius 3 is 2.87 bits per heavy atom. The first-order valence-corrected chi connectivity index (χ1v) is 10.1. The van der Waals surface area contributed by atoms with E-state index < -0.39 is 19.1 Å². The topological polar surface area (TPSA) is 94.8 Å². The molecule has 2 aromatic heterocycles. The van der Waals surface area contributed by atoms with E-state index in [2.05, 4.69) is 15.0 Å². The van der Waals surface area contributed by atoms with Crippen LogP contribution in [0.3, 0.4) is 0 Å². The number of hydroxylamine groups is 1. The molecule has 0 bridgehead atoms. The van der Waals surface area contributed by atoms with Gasteiger partial charge in [0.15, 0.2) is 12.3 Å². The van der Waals surface area contributed by atoms with Crippen LogP contribution in [0.4, 0.5) is 14.5 Å². The molecular formula is C21H24F2N4O3. The van der Waals surface area contributed by atoms with Crippen LogP contribution in [0.2, 0.25) is 0 Å². The third-order valence-corrected chi connectivity index (χ3v) is 5.77. The summed E-state index contributed by atoms with van der Waals surface area (Å²) in [6.45, 7) is 2.95. The van der Waals surface area contributed by atoms with Crippen molar-refractivity contribution < 1.29 is 23.4 Å². The Bertz CT molecular complexity index is 971. The van der Waals surface area contributed by atoms with Crippen molar-refractivity contribution in [2.75, 3.05) is 6.61 Å². The Balaban J connectivity index is 1.58. The number of quaternary nitrogens is 1. The predicted octanol–water partition coefficient (Wildman–Crippen LogP) is 2.68. The van der Waals surface area contributed by atoms with Gasteiger partial charge >= 0.3 is 0 Å². The average Bonchev–Trinajstić information content (AvgIpc) is 3.45. The lowest BCUT2D eigenvalue weighted by Gasteiger charge is -2.38. The highest BCUT2D eigenvalue weighted by Crippen LogP contribution is 2.32. The molecule has 2 aliphatic rings. The van der Waals surface area contributed by atoms with Crippen molar-refractivity contribution in [1.82, 2.24) is 9.97 Å². The third-order valence-electron chi connectivity index (χ3n) is 5.77. The second-order valence-electron chi connectivity index (χ2n) is 8.01. The molecule has 30 heavy (non-hydrogen) atoms. The minimum Gasteiger partial charge on any atom is -0.629 e. The number of carbonyl (C=O) groups is 1. The molecule has 4 rings (SSSR count). The predicted molar refractivity (Wildman–Crippen MR) is 106 cm³/mol. The number of nitrogens with one attached hydrogen (secondary N) is 2. The molecule has 2 aromatic rings. The average molecular weight is 418 g/mol. The molecule has 0 spiro atoms. The Morgan fingerprint density at radius 1 is 1.43 bits per heavy atom. The SMILES string of the molecule is Cc1cc(C(C)C2CC(=NC(=O)C3CC3)c3c[nH]cc3[NH+]2[O-])cnc1OCC(F)F. The van der Waals surface area contributed by atoms with Crippen molar-refractivity contribution in [3.8, 4) is 5.88 Å². The summed E-state index contributed by atoms with van der Waals surface area (Å²) < 4.78 is 29.8.